The predicted molar refractivity (Wildman–Crippen MR) is 262 cm³/mol. The van der Waals surface area contributed by atoms with Crippen molar-refractivity contribution in [2.75, 3.05) is 0 Å². The van der Waals surface area contributed by atoms with Crippen molar-refractivity contribution >= 4 is 66.6 Å². The lowest BCUT2D eigenvalue weighted by molar-refractivity contribution is -0.0522. The summed E-state index contributed by atoms with van der Waals surface area (Å²) in [5.41, 5.74) is -8.52. The number of benzene rings is 8. The van der Waals surface area contributed by atoms with E-state index >= 15 is 0 Å². The summed E-state index contributed by atoms with van der Waals surface area (Å²) in [5, 5.41) is 8.59. The molecular weight excluding hydrogens is 961 g/mol. The average molecular weight is 1000 g/mol. The molecule has 0 aliphatic carbocycles. The van der Waals surface area contributed by atoms with Crippen molar-refractivity contribution in [1.82, 2.24) is 0 Å². The van der Waals surface area contributed by atoms with E-state index in [9.17, 15) is 26.3 Å². The molecule has 0 atom stereocenters. The molecule has 0 spiro atoms. The summed E-state index contributed by atoms with van der Waals surface area (Å²) in [6.07, 6.45) is 2.07. The van der Waals surface area contributed by atoms with Crippen LogP contribution >= 0.6 is 14.5 Å². The van der Waals surface area contributed by atoms with E-state index in [1.54, 1.807) is 0 Å². The van der Waals surface area contributed by atoms with Crippen molar-refractivity contribution in [1.29, 1.82) is 0 Å². The molecule has 0 radical (unpaired) electrons. The Balaban J connectivity index is 0.000000194. The summed E-state index contributed by atoms with van der Waals surface area (Å²) in [6, 6.07) is 88.1. The van der Waals surface area contributed by atoms with Gasteiger partial charge in [-0.2, -0.15) is 26.3 Å². The highest BCUT2D eigenvalue weighted by molar-refractivity contribution is 7.95. The maximum absolute atomic E-state index is 10.7. The van der Waals surface area contributed by atoms with E-state index in [4.69, 9.17) is 25.9 Å². The molecule has 8 aromatic carbocycles. The maximum atomic E-state index is 10.7. The molecule has 0 aromatic heterocycles. The minimum absolute atomic E-state index is 1.03. The fourth-order valence-electron chi connectivity index (χ4n) is 7.25. The molecule has 16 heteroatoms. The average Bonchev–Trinajstić information content (AvgIpc) is 3.34. The van der Waals surface area contributed by atoms with E-state index in [1.807, 2.05) is 0 Å². The molecule has 0 saturated heterocycles. The van der Waals surface area contributed by atoms with Gasteiger partial charge in [0.15, 0.2) is 20.2 Å². The van der Waals surface area contributed by atoms with Crippen LogP contribution in [0.4, 0.5) is 26.3 Å². The molecular formula is C52H44F6O6P2S2. The monoisotopic (exact) mass is 1000 g/mol. The number of halogens is 6. The second kappa shape index (κ2) is 23.8. The van der Waals surface area contributed by atoms with Crippen LogP contribution in [0, 0.1) is 0 Å². The van der Waals surface area contributed by atoms with E-state index < -0.39 is 45.8 Å². The van der Waals surface area contributed by atoms with Crippen LogP contribution in [0.1, 0.15) is 11.1 Å². The van der Waals surface area contributed by atoms with Gasteiger partial charge in [0, 0.05) is 0 Å². The van der Waals surface area contributed by atoms with Gasteiger partial charge in [-0.1, -0.05) is 170 Å². The van der Waals surface area contributed by atoms with Gasteiger partial charge in [0.05, 0.1) is 12.3 Å². The highest BCUT2D eigenvalue weighted by Crippen LogP contribution is 2.59. The van der Waals surface area contributed by atoms with Gasteiger partial charge in [-0.05, 0) is 83.9 Å². The molecule has 0 fully saturated rings. The molecule has 352 valence electrons. The third-order valence-electron chi connectivity index (χ3n) is 10.3. The van der Waals surface area contributed by atoms with Crippen molar-refractivity contribution in [2.24, 2.45) is 0 Å². The maximum Gasteiger partial charge on any atom is 0.485 e. The molecule has 0 unspecified atom stereocenters. The van der Waals surface area contributed by atoms with Gasteiger partial charge in [0.25, 0.3) is 0 Å². The number of hydrogen-bond acceptors (Lipinski definition) is 6. The Morgan fingerprint density at radius 3 is 0.559 bits per heavy atom. The van der Waals surface area contributed by atoms with E-state index in [1.165, 1.54) is 43.0 Å². The first-order valence-corrected chi connectivity index (χ1v) is 27.3. The van der Waals surface area contributed by atoms with E-state index in [0.29, 0.717) is 0 Å². The van der Waals surface area contributed by atoms with Crippen LogP contribution in [-0.2, 0) is 32.6 Å². The van der Waals surface area contributed by atoms with E-state index in [2.05, 4.69) is 243 Å². The van der Waals surface area contributed by atoms with Crippen molar-refractivity contribution in [3.05, 3.63) is 254 Å². The molecule has 0 aliphatic heterocycles. The minimum atomic E-state index is -6.09. The smallest absolute Gasteiger partial charge is 0.485 e. The molecule has 6 nitrogen and oxygen atoms in total. The lowest BCUT2D eigenvalue weighted by Crippen LogP contribution is -2.32. The third-order valence-corrected chi connectivity index (χ3v) is 20.2. The number of alkyl halides is 6. The predicted octanol–water partition coefficient (Wildman–Crippen LogP) is 10.5. The summed E-state index contributed by atoms with van der Waals surface area (Å²) in [5.74, 6) is 0. The van der Waals surface area contributed by atoms with Crippen molar-refractivity contribution in [2.45, 2.75) is 23.3 Å². The second-order valence-corrected chi connectivity index (χ2v) is 24.4. The normalized spacial score (nSPS) is 11.9. The Kier molecular flexibility index (Phi) is 18.6. The zero-order chi connectivity index (χ0) is 49.3. The number of hydrogen-bond donors (Lipinski definition) is 0. The van der Waals surface area contributed by atoms with Crippen LogP contribution in [0.5, 0.6) is 0 Å². The van der Waals surface area contributed by atoms with Crippen LogP contribution in [0.25, 0.3) is 0 Å². The molecule has 0 N–H and O–H groups in total. The van der Waals surface area contributed by atoms with Crippen LogP contribution in [0.2, 0.25) is 0 Å². The van der Waals surface area contributed by atoms with Gasteiger partial charge in [0.2, 0.25) is 0 Å². The van der Waals surface area contributed by atoms with Crippen LogP contribution in [-0.4, -0.2) is 37.0 Å². The van der Waals surface area contributed by atoms with E-state index in [-0.39, 0.29) is 0 Å². The summed E-state index contributed by atoms with van der Waals surface area (Å²) in [6.45, 7) is 0. The van der Waals surface area contributed by atoms with Gasteiger partial charge in [0.1, 0.15) is 46.4 Å². The summed E-state index contributed by atoms with van der Waals surface area (Å²) < 4.78 is 118. The molecule has 8 aromatic rings. The molecule has 0 amide bonds. The van der Waals surface area contributed by atoms with Crippen molar-refractivity contribution < 1.29 is 52.3 Å². The van der Waals surface area contributed by atoms with Gasteiger partial charge < -0.3 is 9.11 Å². The van der Waals surface area contributed by atoms with Crippen LogP contribution in [0.15, 0.2) is 243 Å². The van der Waals surface area contributed by atoms with Crippen molar-refractivity contribution in [3.63, 3.8) is 0 Å². The molecule has 0 saturated carbocycles. The Bertz CT molecular complexity index is 2550. The summed E-state index contributed by atoms with van der Waals surface area (Å²) in [4.78, 5) is 0. The first-order valence-electron chi connectivity index (χ1n) is 20.5. The summed E-state index contributed by atoms with van der Waals surface area (Å²) >= 11 is 0. The SMILES string of the molecule is O=S(=O)([O-])C(F)(F)F.O=S(=O)([O-])C(F)(F)F.c1ccc(C[P+](c2ccccc2)(c2ccccc2)c2ccccc2)cc1.c1ccc(C[P+](c2ccccc2)(c2ccccc2)c2ccccc2)cc1. The highest BCUT2D eigenvalue weighted by Gasteiger charge is 2.46. The molecule has 68 heavy (non-hydrogen) atoms. The zero-order valence-corrected chi connectivity index (χ0v) is 39.4. The second-order valence-electron chi connectivity index (χ2n) is 14.7. The molecule has 0 bridgehead atoms. The highest BCUT2D eigenvalue weighted by atomic mass is 32.2. The lowest BCUT2D eigenvalue weighted by atomic mass is 10.2. The quantitative estimate of drug-likeness (QED) is 0.0583. The van der Waals surface area contributed by atoms with E-state index in [0.717, 1.165) is 12.3 Å². The first kappa shape index (κ1) is 53.0. The van der Waals surface area contributed by atoms with Gasteiger partial charge in [-0.3, -0.25) is 0 Å². The summed E-state index contributed by atoms with van der Waals surface area (Å²) in [7, 11) is -15.7. The standard InChI is InChI=1S/2C25H22P.2CHF3O3S/c2*1-5-13-22(14-6-1)21-26(23-15-7-2-8-16-23,24-17-9-3-10-18-24)25-19-11-4-12-20-25;2*2-1(3,4)8(5,6)7/h2*1-20H,21H2;2*(H,5,6,7)/q2*+1;;/p-2. The third kappa shape index (κ3) is 14.0. The van der Waals surface area contributed by atoms with Gasteiger partial charge in [-0.25, -0.2) is 16.8 Å². The van der Waals surface area contributed by atoms with Gasteiger partial charge >= 0.3 is 11.0 Å². The van der Waals surface area contributed by atoms with Crippen LogP contribution < -0.4 is 31.8 Å². The van der Waals surface area contributed by atoms with Crippen molar-refractivity contribution in [3.8, 4) is 0 Å². The molecule has 0 heterocycles. The van der Waals surface area contributed by atoms with Gasteiger partial charge in [-0.15, -0.1) is 0 Å². The Labute approximate surface area is 394 Å². The fraction of sp³-hybridized carbons (Fsp3) is 0.0769. The lowest BCUT2D eigenvalue weighted by Gasteiger charge is -2.27. The molecule has 8 rings (SSSR count). The van der Waals surface area contributed by atoms with Crippen LogP contribution in [0.3, 0.4) is 0 Å². The minimum Gasteiger partial charge on any atom is -0.741 e. The topological polar surface area (TPSA) is 114 Å². The molecule has 0 aliphatic rings. The Hall–Kier alpha value is -5.98. The first-order chi connectivity index (χ1) is 32.3. The Morgan fingerprint density at radius 1 is 0.294 bits per heavy atom. The fourth-order valence-corrected chi connectivity index (χ4v) is 15.7. The largest absolute Gasteiger partial charge is 0.741 e. The Morgan fingerprint density at radius 2 is 0.426 bits per heavy atom. The zero-order valence-electron chi connectivity index (χ0n) is 35.9. The number of rotatable bonds is 10.